The van der Waals surface area contributed by atoms with Crippen LogP contribution in [0.4, 0.5) is 0 Å². The van der Waals surface area contributed by atoms with Crippen molar-refractivity contribution in [2.24, 2.45) is 0 Å². The number of aliphatic hydroxyl groups is 1. The molecule has 0 aliphatic carbocycles. The molecule has 0 amide bonds. The second-order valence-corrected chi connectivity index (χ2v) is 1.80. The van der Waals surface area contributed by atoms with E-state index in [0.717, 1.165) is 12.8 Å². The highest BCUT2D eigenvalue weighted by Crippen LogP contribution is 1.98. The molecule has 0 fully saturated rings. The van der Waals surface area contributed by atoms with Crippen LogP contribution in [-0.4, -0.2) is 11.2 Å². The standard InChI is InChI=1S/C6H11NO/c1-2-3-6(8)4-5-7/h6,8H,2-4H2,1H3/t6-/m0/s1. The highest BCUT2D eigenvalue weighted by atomic mass is 16.3. The molecule has 0 saturated carbocycles. The van der Waals surface area contributed by atoms with Crippen molar-refractivity contribution < 1.29 is 5.11 Å². The van der Waals surface area contributed by atoms with Gasteiger partial charge in [0.1, 0.15) is 0 Å². The van der Waals surface area contributed by atoms with E-state index >= 15 is 0 Å². The molecule has 8 heavy (non-hydrogen) atoms. The van der Waals surface area contributed by atoms with Gasteiger partial charge in [-0.15, -0.1) is 0 Å². The monoisotopic (exact) mass is 113 g/mol. The first-order valence-corrected chi connectivity index (χ1v) is 2.86. The Labute approximate surface area is 49.8 Å². The minimum Gasteiger partial charge on any atom is -0.392 e. The summed E-state index contributed by atoms with van der Waals surface area (Å²) in [6.45, 7) is 1.99. The zero-order valence-corrected chi connectivity index (χ0v) is 5.09. The number of rotatable bonds is 3. The van der Waals surface area contributed by atoms with Crippen LogP contribution in [0.2, 0.25) is 0 Å². The van der Waals surface area contributed by atoms with E-state index in [1.807, 2.05) is 13.0 Å². The Bertz CT molecular complexity index is 85.0. The maximum absolute atomic E-state index is 8.83. The van der Waals surface area contributed by atoms with Crippen LogP contribution >= 0.6 is 0 Å². The average molecular weight is 113 g/mol. The summed E-state index contributed by atoms with van der Waals surface area (Å²) in [5.74, 6) is 0. The third-order valence-corrected chi connectivity index (χ3v) is 0.949. The topological polar surface area (TPSA) is 44.0 Å². The van der Waals surface area contributed by atoms with E-state index in [-0.39, 0.29) is 6.42 Å². The first-order valence-electron chi connectivity index (χ1n) is 2.86. The van der Waals surface area contributed by atoms with Crippen molar-refractivity contribution in [2.75, 3.05) is 0 Å². The second kappa shape index (κ2) is 4.61. The Morgan fingerprint density at radius 3 is 2.75 bits per heavy atom. The molecule has 0 aliphatic rings. The second-order valence-electron chi connectivity index (χ2n) is 1.80. The van der Waals surface area contributed by atoms with Crippen LogP contribution < -0.4 is 0 Å². The summed E-state index contributed by atoms with van der Waals surface area (Å²) in [6.07, 6.45) is 1.56. The number of nitrogens with zero attached hydrogens (tertiary/aromatic N) is 1. The van der Waals surface area contributed by atoms with Crippen molar-refractivity contribution in [1.29, 1.82) is 5.26 Å². The van der Waals surface area contributed by atoms with Crippen LogP contribution in [0.15, 0.2) is 0 Å². The van der Waals surface area contributed by atoms with Gasteiger partial charge < -0.3 is 5.11 Å². The lowest BCUT2D eigenvalue weighted by Crippen LogP contribution is -2.02. The average Bonchev–Trinajstić information content (AvgIpc) is 1.68. The Kier molecular flexibility index (Phi) is 4.29. The summed E-state index contributed by atoms with van der Waals surface area (Å²) in [5, 5.41) is 16.9. The van der Waals surface area contributed by atoms with E-state index in [1.54, 1.807) is 0 Å². The van der Waals surface area contributed by atoms with Crippen LogP contribution in [-0.2, 0) is 0 Å². The zero-order chi connectivity index (χ0) is 6.41. The largest absolute Gasteiger partial charge is 0.392 e. The molecule has 2 nitrogen and oxygen atoms in total. The summed E-state index contributed by atoms with van der Waals surface area (Å²) in [5.41, 5.74) is 0. The minimum absolute atomic E-state index is 0.272. The Hall–Kier alpha value is -0.550. The van der Waals surface area contributed by atoms with Crippen LogP contribution in [0.3, 0.4) is 0 Å². The summed E-state index contributed by atoms with van der Waals surface area (Å²) < 4.78 is 0. The summed E-state index contributed by atoms with van der Waals surface area (Å²) in [7, 11) is 0. The maximum atomic E-state index is 8.83. The molecule has 0 aromatic heterocycles. The number of nitriles is 1. The number of aliphatic hydroxyl groups excluding tert-OH is 1. The van der Waals surface area contributed by atoms with E-state index in [4.69, 9.17) is 10.4 Å². The quantitative estimate of drug-likeness (QED) is 0.594. The first kappa shape index (κ1) is 7.45. The fraction of sp³-hybridized carbons (Fsp3) is 0.833. The molecule has 0 spiro atoms. The molecule has 0 unspecified atom stereocenters. The molecule has 1 atom stereocenters. The molecule has 46 valence electrons. The van der Waals surface area contributed by atoms with Gasteiger partial charge in [0.15, 0.2) is 0 Å². The predicted molar refractivity (Wildman–Crippen MR) is 31.1 cm³/mol. The third kappa shape index (κ3) is 3.63. The minimum atomic E-state index is -0.398. The summed E-state index contributed by atoms with van der Waals surface area (Å²) in [4.78, 5) is 0. The van der Waals surface area contributed by atoms with Crippen molar-refractivity contribution in [2.45, 2.75) is 32.3 Å². The van der Waals surface area contributed by atoms with Crippen LogP contribution in [0, 0.1) is 11.3 Å². The maximum Gasteiger partial charge on any atom is 0.0670 e. The Morgan fingerprint density at radius 1 is 1.75 bits per heavy atom. The van der Waals surface area contributed by atoms with Crippen molar-refractivity contribution in [3.05, 3.63) is 0 Å². The van der Waals surface area contributed by atoms with Gasteiger partial charge >= 0.3 is 0 Å². The van der Waals surface area contributed by atoms with E-state index in [2.05, 4.69) is 0 Å². The normalized spacial score (nSPS) is 12.6. The van der Waals surface area contributed by atoms with E-state index in [9.17, 15) is 0 Å². The zero-order valence-electron chi connectivity index (χ0n) is 5.09. The molecule has 1 N–H and O–H groups in total. The molecular formula is C6H11NO. The van der Waals surface area contributed by atoms with E-state index in [0.29, 0.717) is 0 Å². The van der Waals surface area contributed by atoms with Crippen LogP contribution in [0.25, 0.3) is 0 Å². The lowest BCUT2D eigenvalue weighted by molar-refractivity contribution is 0.168. The van der Waals surface area contributed by atoms with Crippen molar-refractivity contribution in [1.82, 2.24) is 0 Å². The number of hydrogen-bond acceptors (Lipinski definition) is 2. The molecule has 0 heterocycles. The van der Waals surface area contributed by atoms with Crippen molar-refractivity contribution in [3.8, 4) is 6.07 Å². The molecule has 0 radical (unpaired) electrons. The highest BCUT2D eigenvalue weighted by molar-refractivity contribution is 4.74. The molecule has 0 aromatic carbocycles. The molecule has 0 aliphatic heterocycles. The Morgan fingerprint density at radius 2 is 2.38 bits per heavy atom. The fourth-order valence-corrected chi connectivity index (χ4v) is 0.541. The smallest absolute Gasteiger partial charge is 0.0670 e. The van der Waals surface area contributed by atoms with Gasteiger partial charge in [-0.25, -0.2) is 0 Å². The Balaban J connectivity index is 3.08. The molecule has 0 bridgehead atoms. The van der Waals surface area contributed by atoms with Gasteiger partial charge in [0, 0.05) is 0 Å². The fourth-order valence-electron chi connectivity index (χ4n) is 0.541. The molecule has 0 saturated heterocycles. The van der Waals surface area contributed by atoms with Crippen molar-refractivity contribution in [3.63, 3.8) is 0 Å². The SMILES string of the molecule is CCC[C@H](O)CC#N. The van der Waals surface area contributed by atoms with Crippen molar-refractivity contribution >= 4 is 0 Å². The third-order valence-electron chi connectivity index (χ3n) is 0.949. The van der Waals surface area contributed by atoms with Gasteiger partial charge in [-0.1, -0.05) is 13.3 Å². The lowest BCUT2D eigenvalue weighted by Gasteiger charge is -2.00. The number of hydrogen-bond donors (Lipinski definition) is 1. The van der Waals surface area contributed by atoms with E-state index in [1.165, 1.54) is 0 Å². The predicted octanol–water partition coefficient (Wildman–Crippen LogP) is 1.06. The van der Waals surface area contributed by atoms with Gasteiger partial charge in [-0.2, -0.15) is 5.26 Å². The molecule has 2 heteroatoms. The summed E-state index contributed by atoms with van der Waals surface area (Å²) in [6, 6.07) is 1.90. The van der Waals surface area contributed by atoms with Gasteiger partial charge in [0.05, 0.1) is 18.6 Å². The van der Waals surface area contributed by atoms with Gasteiger partial charge in [0.25, 0.3) is 0 Å². The van der Waals surface area contributed by atoms with Gasteiger partial charge in [0.2, 0.25) is 0 Å². The highest BCUT2D eigenvalue weighted by Gasteiger charge is 1.98. The van der Waals surface area contributed by atoms with Crippen LogP contribution in [0.1, 0.15) is 26.2 Å². The molecule has 0 rings (SSSR count). The molecule has 0 aromatic rings. The van der Waals surface area contributed by atoms with Crippen LogP contribution in [0.5, 0.6) is 0 Å². The van der Waals surface area contributed by atoms with E-state index < -0.39 is 6.10 Å². The lowest BCUT2D eigenvalue weighted by atomic mass is 10.2. The van der Waals surface area contributed by atoms with Gasteiger partial charge in [-0.3, -0.25) is 0 Å². The first-order chi connectivity index (χ1) is 3.81. The summed E-state index contributed by atoms with van der Waals surface area (Å²) >= 11 is 0. The van der Waals surface area contributed by atoms with Gasteiger partial charge in [-0.05, 0) is 6.42 Å². The molecular weight excluding hydrogens is 102 g/mol.